The zero-order valence-electron chi connectivity index (χ0n) is 24.8. The summed E-state index contributed by atoms with van der Waals surface area (Å²) in [6, 6.07) is 0.419. The highest BCUT2D eigenvalue weighted by Gasteiger charge is 2.60. The van der Waals surface area contributed by atoms with Gasteiger partial charge in [0.05, 0.1) is 6.61 Å². The molecule has 0 aromatic rings. The molecule has 4 aliphatic carbocycles. The Morgan fingerprint density at radius 3 is 2.30 bits per heavy atom. The van der Waals surface area contributed by atoms with E-state index in [9.17, 15) is 15.0 Å². The number of aliphatic hydroxyl groups is 2. The first-order chi connectivity index (χ1) is 17.2. The largest absolute Gasteiger partial charge is 0.396 e. The standard InChI is InChI=1S/C32H52N2O3/c1-20(2)28(36)29(37)34(9)27-13-10-22-18-23-14-16-31(5)24(21(3)33(7)8)15-17-32(31,6)26(23)12-11-25(22)30(27,4)19-35/h11-12,14,18,20-21,24-28,35-36H,10,13,15-17,19H2,1-9H3/t21-,24+,25+,26+,27-,28-,30-,31+,32-/m0/s1. The van der Waals surface area contributed by atoms with Gasteiger partial charge in [-0.1, -0.05) is 64.5 Å². The van der Waals surface area contributed by atoms with Crippen molar-refractivity contribution in [3.63, 3.8) is 0 Å². The average Bonchev–Trinajstić information content (AvgIpc) is 3.00. The highest BCUT2D eigenvalue weighted by molar-refractivity contribution is 5.81. The van der Waals surface area contributed by atoms with E-state index >= 15 is 0 Å². The molecule has 2 saturated carbocycles. The van der Waals surface area contributed by atoms with Crippen LogP contribution in [0, 0.1) is 39.9 Å². The molecule has 2 N–H and O–H groups in total. The fraction of sp³-hybridized carbons (Fsp3) is 0.781. The third kappa shape index (κ3) is 4.28. The molecule has 0 aromatic heterocycles. The van der Waals surface area contributed by atoms with Crippen molar-refractivity contribution in [3.05, 3.63) is 35.5 Å². The third-order valence-electron chi connectivity index (χ3n) is 11.8. The molecule has 0 saturated heterocycles. The lowest BCUT2D eigenvalue weighted by molar-refractivity contribution is -0.148. The lowest BCUT2D eigenvalue weighted by atomic mass is 9.52. The van der Waals surface area contributed by atoms with E-state index in [2.05, 4.69) is 71.0 Å². The first-order valence-corrected chi connectivity index (χ1v) is 14.5. The normalized spacial score (nSPS) is 40.8. The van der Waals surface area contributed by atoms with Crippen LogP contribution >= 0.6 is 0 Å². The highest BCUT2D eigenvalue weighted by atomic mass is 16.3. The Kier molecular flexibility index (Phi) is 7.69. The second-order valence-electron chi connectivity index (χ2n) is 14.0. The minimum Gasteiger partial charge on any atom is -0.396 e. The van der Waals surface area contributed by atoms with Crippen LogP contribution in [0.5, 0.6) is 0 Å². The lowest BCUT2D eigenvalue weighted by Gasteiger charge is -2.53. The Bertz CT molecular complexity index is 983. The molecular weight excluding hydrogens is 460 g/mol. The second-order valence-corrected chi connectivity index (χ2v) is 14.0. The van der Waals surface area contributed by atoms with Crippen molar-refractivity contribution < 1.29 is 15.0 Å². The number of carbonyl (C=O) groups excluding carboxylic acids is 1. The van der Waals surface area contributed by atoms with Gasteiger partial charge in [0.2, 0.25) is 0 Å². The summed E-state index contributed by atoms with van der Waals surface area (Å²) < 4.78 is 0. The van der Waals surface area contributed by atoms with Gasteiger partial charge in [0, 0.05) is 36.4 Å². The molecule has 0 aliphatic heterocycles. The lowest BCUT2D eigenvalue weighted by Crippen LogP contribution is -2.57. The van der Waals surface area contributed by atoms with E-state index in [1.807, 2.05) is 13.8 Å². The molecule has 9 atom stereocenters. The summed E-state index contributed by atoms with van der Waals surface area (Å²) in [5, 5.41) is 21.3. The SMILES string of the molecule is CC(C)[C@H](O)C(=O)N(C)[C@H]1CCC2=CC3=CC[C@]4(C)[C@@H]([C@H](C)N(C)C)CC[C@@]4(C)[C@@H]3C=C[C@H]2[C@]1(C)CO. The number of nitrogens with zero attached hydrogens (tertiary/aromatic N) is 2. The Balaban J connectivity index is 1.69. The summed E-state index contributed by atoms with van der Waals surface area (Å²) >= 11 is 0. The van der Waals surface area contributed by atoms with Gasteiger partial charge in [-0.2, -0.15) is 0 Å². The van der Waals surface area contributed by atoms with Gasteiger partial charge < -0.3 is 20.0 Å². The van der Waals surface area contributed by atoms with E-state index in [0.29, 0.717) is 17.9 Å². The Morgan fingerprint density at radius 1 is 1.05 bits per heavy atom. The summed E-state index contributed by atoms with van der Waals surface area (Å²) in [6.07, 6.45) is 14.1. The van der Waals surface area contributed by atoms with Crippen LogP contribution in [0.4, 0.5) is 0 Å². The van der Waals surface area contributed by atoms with Gasteiger partial charge in [-0.15, -0.1) is 0 Å². The topological polar surface area (TPSA) is 64.0 Å². The molecule has 37 heavy (non-hydrogen) atoms. The molecule has 0 bridgehead atoms. The van der Waals surface area contributed by atoms with Crippen LogP contribution in [0.1, 0.15) is 73.6 Å². The first kappa shape index (κ1) is 28.6. The molecule has 0 spiro atoms. The van der Waals surface area contributed by atoms with Gasteiger partial charge in [0.25, 0.3) is 5.91 Å². The molecule has 5 nitrogen and oxygen atoms in total. The quantitative estimate of drug-likeness (QED) is 0.489. The number of amides is 1. The Morgan fingerprint density at radius 2 is 1.70 bits per heavy atom. The van der Waals surface area contributed by atoms with Crippen LogP contribution in [-0.4, -0.2) is 71.9 Å². The molecule has 0 radical (unpaired) electrons. The number of allylic oxidation sites excluding steroid dienone is 6. The van der Waals surface area contributed by atoms with Gasteiger partial charge >= 0.3 is 0 Å². The van der Waals surface area contributed by atoms with E-state index < -0.39 is 11.5 Å². The Hall–Kier alpha value is -1.43. The number of hydrogen-bond donors (Lipinski definition) is 2. The fourth-order valence-electron chi connectivity index (χ4n) is 8.66. The molecule has 0 unspecified atom stereocenters. The van der Waals surface area contributed by atoms with Crippen LogP contribution in [-0.2, 0) is 4.79 Å². The first-order valence-electron chi connectivity index (χ1n) is 14.5. The fourth-order valence-corrected chi connectivity index (χ4v) is 8.66. The van der Waals surface area contributed by atoms with Gasteiger partial charge in [0.15, 0.2) is 0 Å². The number of carbonyl (C=O) groups is 1. The van der Waals surface area contributed by atoms with Crippen molar-refractivity contribution in [1.29, 1.82) is 0 Å². The van der Waals surface area contributed by atoms with Crippen molar-refractivity contribution >= 4 is 5.91 Å². The van der Waals surface area contributed by atoms with Crippen molar-refractivity contribution in [2.45, 2.75) is 91.8 Å². The number of fused-ring (bicyclic) bond motifs is 4. The average molecular weight is 513 g/mol. The van der Waals surface area contributed by atoms with E-state index in [1.165, 1.54) is 24.0 Å². The molecule has 1 amide bonds. The molecule has 4 aliphatic rings. The van der Waals surface area contributed by atoms with Crippen LogP contribution in [0.2, 0.25) is 0 Å². The van der Waals surface area contributed by atoms with Crippen LogP contribution < -0.4 is 0 Å². The summed E-state index contributed by atoms with van der Waals surface area (Å²) in [7, 11) is 6.23. The maximum Gasteiger partial charge on any atom is 0.251 e. The molecular formula is C32H52N2O3. The maximum atomic E-state index is 13.1. The van der Waals surface area contributed by atoms with E-state index in [-0.39, 0.29) is 41.2 Å². The number of hydrogen-bond acceptors (Lipinski definition) is 4. The van der Waals surface area contributed by atoms with Crippen molar-refractivity contribution in [3.8, 4) is 0 Å². The van der Waals surface area contributed by atoms with Crippen LogP contribution in [0.25, 0.3) is 0 Å². The molecule has 5 heteroatoms. The number of rotatable bonds is 6. The van der Waals surface area contributed by atoms with Gasteiger partial charge in [-0.05, 0) is 81.4 Å². The highest BCUT2D eigenvalue weighted by Crippen LogP contribution is 2.67. The van der Waals surface area contributed by atoms with Crippen LogP contribution in [0.15, 0.2) is 35.5 Å². The van der Waals surface area contributed by atoms with Crippen molar-refractivity contribution in [1.82, 2.24) is 9.80 Å². The molecule has 208 valence electrons. The van der Waals surface area contributed by atoms with E-state index in [4.69, 9.17) is 0 Å². The summed E-state index contributed by atoms with van der Waals surface area (Å²) in [5.41, 5.74) is 2.76. The minimum atomic E-state index is -1.01. The summed E-state index contributed by atoms with van der Waals surface area (Å²) in [4.78, 5) is 17.2. The van der Waals surface area contributed by atoms with Crippen molar-refractivity contribution in [2.24, 2.45) is 39.9 Å². The maximum absolute atomic E-state index is 13.1. The molecule has 4 rings (SSSR count). The predicted molar refractivity (Wildman–Crippen MR) is 151 cm³/mol. The zero-order chi connectivity index (χ0) is 27.5. The number of likely N-dealkylation sites (N-methyl/N-ethyl adjacent to an activating group) is 1. The third-order valence-corrected chi connectivity index (χ3v) is 11.8. The molecule has 0 heterocycles. The van der Waals surface area contributed by atoms with Crippen molar-refractivity contribution in [2.75, 3.05) is 27.7 Å². The number of aliphatic hydroxyl groups excluding tert-OH is 2. The van der Waals surface area contributed by atoms with E-state index in [0.717, 1.165) is 19.3 Å². The minimum absolute atomic E-state index is 0.000524. The van der Waals surface area contributed by atoms with Gasteiger partial charge in [-0.3, -0.25) is 4.79 Å². The van der Waals surface area contributed by atoms with Gasteiger partial charge in [-0.25, -0.2) is 0 Å². The summed E-state index contributed by atoms with van der Waals surface area (Å²) in [6.45, 7) is 13.3. The Labute approximate surface area is 225 Å². The molecule has 0 aromatic carbocycles. The molecule has 2 fully saturated rings. The monoisotopic (exact) mass is 512 g/mol. The second kappa shape index (κ2) is 9.95. The summed E-state index contributed by atoms with van der Waals surface area (Å²) in [5.74, 6) is 0.726. The smallest absolute Gasteiger partial charge is 0.251 e. The zero-order valence-corrected chi connectivity index (χ0v) is 24.8. The van der Waals surface area contributed by atoms with E-state index in [1.54, 1.807) is 11.9 Å². The van der Waals surface area contributed by atoms with Crippen LogP contribution in [0.3, 0.4) is 0 Å². The predicted octanol–water partition coefficient (Wildman–Crippen LogP) is 5.05. The van der Waals surface area contributed by atoms with Gasteiger partial charge in [0.1, 0.15) is 6.10 Å².